The van der Waals surface area contributed by atoms with Crippen LogP contribution < -0.4 is 5.32 Å². The molecule has 0 aliphatic rings. The summed E-state index contributed by atoms with van der Waals surface area (Å²) in [6, 6.07) is 14.5. The number of nitrogens with one attached hydrogen (secondary N) is 1. The summed E-state index contributed by atoms with van der Waals surface area (Å²) in [7, 11) is 0. The summed E-state index contributed by atoms with van der Waals surface area (Å²) in [5, 5.41) is 4.26. The van der Waals surface area contributed by atoms with E-state index in [0.717, 1.165) is 26.1 Å². The first-order chi connectivity index (χ1) is 9.06. The van der Waals surface area contributed by atoms with Gasteiger partial charge in [-0.25, -0.2) is 0 Å². The molecule has 0 bridgehead atoms. The number of rotatable bonds is 4. The van der Waals surface area contributed by atoms with Gasteiger partial charge in [-0.15, -0.1) is 0 Å². The van der Waals surface area contributed by atoms with Crippen molar-refractivity contribution in [2.45, 2.75) is 19.5 Å². The topological polar surface area (TPSA) is 12.0 Å². The molecule has 0 aliphatic heterocycles. The predicted molar refractivity (Wildman–Crippen MR) is 88.5 cm³/mol. The molecule has 1 unspecified atom stereocenters. The monoisotopic (exact) mass is 401 g/mol. The van der Waals surface area contributed by atoms with Crippen LogP contribution in [-0.4, -0.2) is 0 Å². The van der Waals surface area contributed by atoms with Crippen molar-refractivity contribution in [2.24, 2.45) is 0 Å². The van der Waals surface area contributed by atoms with Crippen molar-refractivity contribution in [3.8, 4) is 0 Å². The zero-order valence-corrected chi connectivity index (χ0v) is 14.4. The van der Waals surface area contributed by atoms with Crippen LogP contribution in [0.2, 0.25) is 5.02 Å². The Morgan fingerprint density at radius 3 is 2.47 bits per heavy atom. The summed E-state index contributed by atoms with van der Waals surface area (Å²) in [5.41, 5.74) is 2.43. The van der Waals surface area contributed by atoms with E-state index in [1.165, 1.54) is 5.56 Å². The van der Waals surface area contributed by atoms with E-state index < -0.39 is 0 Å². The fourth-order valence-corrected chi connectivity index (χ4v) is 2.66. The maximum Gasteiger partial charge on any atom is 0.0410 e. The third-order valence-electron chi connectivity index (χ3n) is 2.98. The largest absolute Gasteiger partial charge is 0.306 e. The van der Waals surface area contributed by atoms with Crippen LogP contribution in [-0.2, 0) is 6.54 Å². The van der Waals surface area contributed by atoms with Crippen LogP contribution in [0.1, 0.15) is 24.1 Å². The lowest BCUT2D eigenvalue weighted by Crippen LogP contribution is -2.18. The van der Waals surface area contributed by atoms with Crippen LogP contribution in [0.15, 0.2) is 51.4 Å². The molecule has 0 radical (unpaired) electrons. The van der Waals surface area contributed by atoms with Crippen molar-refractivity contribution in [1.29, 1.82) is 0 Å². The van der Waals surface area contributed by atoms with Crippen LogP contribution >= 0.6 is 43.5 Å². The molecule has 2 aromatic rings. The van der Waals surface area contributed by atoms with Crippen molar-refractivity contribution in [2.75, 3.05) is 0 Å². The Balaban J connectivity index is 2.02. The average molecular weight is 404 g/mol. The van der Waals surface area contributed by atoms with Gasteiger partial charge in [0.25, 0.3) is 0 Å². The van der Waals surface area contributed by atoms with Crippen LogP contribution in [0.3, 0.4) is 0 Å². The first-order valence-corrected chi connectivity index (χ1v) is 7.95. The fourth-order valence-electron chi connectivity index (χ4n) is 1.81. The highest BCUT2D eigenvalue weighted by Crippen LogP contribution is 2.22. The smallest absolute Gasteiger partial charge is 0.0410 e. The molecule has 0 aliphatic carbocycles. The number of benzene rings is 2. The van der Waals surface area contributed by atoms with Gasteiger partial charge in [0.2, 0.25) is 0 Å². The summed E-state index contributed by atoms with van der Waals surface area (Å²) >= 11 is 13.0. The van der Waals surface area contributed by atoms with Crippen LogP contribution in [0.4, 0.5) is 0 Å². The van der Waals surface area contributed by atoms with E-state index in [1.54, 1.807) is 0 Å². The molecule has 2 aromatic carbocycles. The highest BCUT2D eigenvalue weighted by molar-refractivity contribution is 9.10. The zero-order chi connectivity index (χ0) is 13.8. The normalized spacial score (nSPS) is 12.4. The minimum absolute atomic E-state index is 0.291. The quantitative estimate of drug-likeness (QED) is 0.689. The Morgan fingerprint density at radius 2 is 1.79 bits per heavy atom. The molecule has 0 fully saturated rings. The Labute approximate surface area is 135 Å². The van der Waals surface area contributed by atoms with Gasteiger partial charge in [0, 0.05) is 26.6 Å². The third kappa shape index (κ3) is 4.32. The average Bonchev–Trinajstić information content (AvgIpc) is 2.40. The minimum atomic E-state index is 0.291. The van der Waals surface area contributed by atoms with Gasteiger partial charge >= 0.3 is 0 Å². The summed E-state index contributed by atoms with van der Waals surface area (Å²) in [6.45, 7) is 2.93. The molecule has 4 heteroatoms. The maximum absolute atomic E-state index is 6.01. The van der Waals surface area contributed by atoms with E-state index in [-0.39, 0.29) is 0 Å². The van der Waals surface area contributed by atoms with Gasteiger partial charge in [-0.2, -0.15) is 0 Å². The van der Waals surface area contributed by atoms with Gasteiger partial charge in [0.1, 0.15) is 0 Å². The molecule has 1 N–H and O–H groups in total. The molecule has 0 saturated carbocycles. The minimum Gasteiger partial charge on any atom is -0.306 e. The molecule has 0 spiro atoms. The van der Waals surface area contributed by atoms with Crippen molar-refractivity contribution >= 4 is 43.5 Å². The van der Waals surface area contributed by atoms with Crippen molar-refractivity contribution < 1.29 is 0 Å². The van der Waals surface area contributed by atoms with Gasteiger partial charge in [-0.3, -0.25) is 0 Å². The van der Waals surface area contributed by atoms with E-state index >= 15 is 0 Å². The molecule has 1 atom stereocenters. The van der Waals surface area contributed by atoms with E-state index in [2.05, 4.69) is 68.4 Å². The molecule has 0 amide bonds. The lowest BCUT2D eigenvalue weighted by Gasteiger charge is -2.15. The van der Waals surface area contributed by atoms with E-state index in [1.807, 2.05) is 18.2 Å². The fraction of sp³-hybridized carbons (Fsp3) is 0.200. The van der Waals surface area contributed by atoms with E-state index in [4.69, 9.17) is 11.6 Å². The number of hydrogen-bond donors (Lipinski definition) is 1. The maximum atomic E-state index is 6.01. The van der Waals surface area contributed by atoms with Gasteiger partial charge in [0.15, 0.2) is 0 Å². The summed E-state index contributed by atoms with van der Waals surface area (Å²) in [6.07, 6.45) is 0. The second kappa shape index (κ2) is 6.89. The molecule has 19 heavy (non-hydrogen) atoms. The molecule has 1 nitrogen and oxygen atoms in total. The highest BCUT2D eigenvalue weighted by atomic mass is 79.9. The Morgan fingerprint density at radius 1 is 1.11 bits per heavy atom. The third-order valence-corrected chi connectivity index (χ3v) is 4.51. The SMILES string of the molecule is CC(NCc1cc(Cl)ccc1Br)c1ccc(Br)cc1. The number of halogens is 3. The second-order valence-electron chi connectivity index (χ2n) is 4.39. The molecule has 100 valence electrons. The van der Waals surface area contributed by atoms with Crippen LogP contribution in [0.5, 0.6) is 0 Å². The lowest BCUT2D eigenvalue weighted by atomic mass is 10.1. The molecule has 0 saturated heterocycles. The van der Waals surface area contributed by atoms with E-state index in [0.29, 0.717) is 6.04 Å². The standard InChI is InChI=1S/C15H14Br2ClN/c1-10(11-2-4-13(16)5-3-11)19-9-12-8-14(18)6-7-15(12)17/h2-8,10,19H,9H2,1H3. The van der Waals surface area contributed by atoms with Gasteiger partial charge in [-0.1, -0.05) is 55.6 Å². The van der Waals surface area contributed by atoms with Gasteiger partial charge in [-0.05, 0) is 48.4 Å². The molecule has 0 aromatic heterocycles. The van der Waals surface area contributed by atoms with Gasteiger partial charge < -0.3 is 5.32 Å². The summed E-state index contributed by atoms with van der Waals surface area (Å²) < 4.78 is 2.17. The van der Waals surface area contributed by atoms with Crippen molar-refractivity contribution in [3.05, 3.63) is 67.6 Å². The van der Waals surface area contributed by atoms with Crippen molar-refractivity contribution in [1.82, 2.24) is 5.32 Å². The van der Waals surface area contributed by atoms with Gasteiger partial charge in [0.05, 0.1) is 0 Å². The lowest BCUT2D eigenvalue weighted by molar-refractivity contribution is 0.573. The highest BCUT2D eigenvalue weighted by Gasteiger charge is 2.06. The van der Waals surface area contributed by atoms with Crippen LogP contribution in [0.25, 0.3) is 0 Å². The van der Waals surface area contributed by atoms with Crippen molar-refractivity contribution in [3.63, 3.8) is 0 Å². The first-order valence-electron chi connectivity index (χ1n) is 5.99. The predicted octanol–water partition coefficient (Wildman–Crippen LogP) is 5.72. The Kier molecular flexibility index (Phi) is 5.46. The number of hydrogen-bond acceptors (Lipinski definition) is 1. The molecule has 0 heterocycles. The first kappa shape index (κ1) is 15.0. The summed E-state index contributed by atoms with van der Waals surface area (Å²) in [5.74, 6) is 0. The Bertz CT molecular complexity index is 555. The molecule has 2 rings (SSSR count). The molecular weight excluding hydrogens is 389 g/mol. The Hall–Kier alpha value is -0.350. The summed E-state index contributed by atoms with van der Waals surface area (Å²) in [4.78, 5) is 0. The van der Waals surface area contributed by atoms with E-state index in [9.17, 15) is 0 Å². The molecular formula is C15H14Br2ClN. The van der Waals surface area contributed by atoms with Crippen LogP contribution in [0, 0.1) is 0 Å². The second-order valence-corrected chi connectivity index (χ2v) is 6.60. The zero-order valence-electron chi connectivity index (χ0n) is 10.5.